The van der Waals surface area contributed by atoms with Crippen LogP contribution in [0.4, 0.5) is 11.4 Å². The largest absolute Gasteiger partial charge is 0.380 e. The number of imidazole rings is 1. The second kappa shape index (κ2) is 12.6. The van der Waals surface area contributed by atoms with E-state index in [4.69, 9.17) is 21.3 Å². The van der Waals surface area contributed by atoms with Crippen molar-refractivity contribution in [1.29, 1.82) is 0 Å². The summed E-state index contributed by atoms with van der Waals surface area (Å²) in [6.45, 7) is 15.7. The number of nitrogens with zero attached hydrogens (tertiary/aromatic N) is 5. The van der Waals surface area contributed by atoms with E-state index in [9.17, 15) is 0 Å². The van der Waals surface area contributed by atoms with Crippen LogP contribution >= 0.6 is 11.6 Å². The Labute approximate surface area is 231 Å². The number of H-pyrrole nitrogens is 1. The highest BCUT2D eigenvalue weighted by atomic mass is 35.5. The fraction of sp³-hybridized carbons (Fsp3) is 0.586. The molecular weight excluding hydrogens is 498 g/mol. The van der Waals surface area contributed by atoms with E-state index in [-0.39, 0.29) is 0 Å². The number of halogens is 1. The highest BCUT2D eigenvalue weighted by Crippen LogP contribution is 2.32. The third-order valence-electron chi connectivity index (χ3n) is 7.93. The summed E-state index contributed by atoms with van der Waals surface area (Å²) in [5.74, 6) is 0.817. The normalized spacial score (nSPS) is 18.4. The molecule has 0 atom stereocenters. The predicted octanol–water partition coefficient (Wildman–Crippen LogP) is 5.11. The SMILES string of the molecule is CCOCCN1CCCN(c2ccc(-c3nc4c(NC5CCN(C(C)C)CC5)c(Cl)cnc4[nH]3)cc2)CC1. The summed E-state index contributed by atoms with van der Waals surface area (Å²) in [5, 5.41) is 4.31. The fourth-order valence-electron chi connectivity index (χ4n) is 5.59. The summed E-state index contributed by atoms with van der Waals surface area (Å²) in [6.07, 6.45) is 5.07. The number of nitrogens with one attached hydrogen (secondary N) is 2. The summed E-state index contributed by atoms with van der Waals surface area (Å²) in [4.78, 5) is 20.4. The topological polar surface area (TPSA) is 72.6 Å². The molecule has 2 aliphatic rings. The maximum Gasteiger partial charge on any atom is 0.159 e. The molecule has 0 saturated carbocycles. The van der Waals surface area contributed by atoms with Crippen molar-refractivity contribution in [1.82, 2.24) is 24.8 Å². The van der Waals surface area contributed by atoms with Gasteiger partial charge in [0.1, 0.15) is 11.3 Å². The fourth-order valence-corrected chi connectivity index (χ4v) is 5.78. The van der Waals surface area contributed by atoms with Crippen molar-refractivity contribution in [2.45, 2.75) is 52.1 Å². The van der Waals surface area contributed by atoms with Crippen LogP contribution in [0.15, 0.2) is 30.5 Å². The predicted molar refractivity (Wildman–Crippen MR) is 157 cm³/mol. The van der Waals surface area contributed by atoms with Crippen LogP contribution in [0, 0.1) is 0 Å². The minimum absolute atomic E-state index is 0.385. The standard InChI is InChI=1S/C29H42ClN7O/c1-4-38-19-18-35-12-5-13-37(17-16-35)24-8-6-22(7-9-24)28-33-27-26(25(30)20-31-29(27)34-28)32-23-10-14-36(15-11-23)21(2)3/h6-9,20-21,23H,4-5,10-19H2,1-3H3,(H2,31,32,33,34). The molecule has 2 aliphatic heterocycles. The maximum atomic E-state index is 6.62. The summed E-state index contributed by atoms with van der Waals surface area (Å²) in [5.41, 5.74) is 4.76. The molecule has 2 aromatic heterocycles. The number of benzene rings is 1. The van der Waals surface area contributed by atoms with E-state index >= 15 is 0 Å². The van der Waals surface area contributed by atoms with Gasteiger partial charge in [-0.25, -0.2) is 9.97 Å². The summed E-state index contributed by atoms with van der Waals surface area (Å²) in [7, 11) is 0. The van der Waals surface area contributed by atoms with Crippen molar-refractivity contribution in [3.8, 4) is 11.4 Å². The van der Waals surface area contributed by atoms with E-state index in [2.05, 4.69) is 75.0 Å². The first-order chi connectivity index (χ1) is 18.5. The van der Waals surface area contributed by atoms with Crippen LogP contribution in [0.2, 0.25) is 5.02 Å². The minimum Gasteiger partial charge on any atom is -0.380 e. The van der Waals surface area contributed by atoms with Gasteiger partial charge in [0.2, 0.25) is 0 Å². The summed E-state index contributed by atoms with van der Waals surface area (Å²) < 4.78 is 5.55. The molecule has 0 radical (unpaired) electrons. The third kappa shape index (κ3) is 6.42. The Kier molecular flexibility index (Phi) is 9.05. The molecule has 38 heavy (non-hydrogen) atoms. The van der Waals surface area contributed by atoms with Crippen LogP contribution in [0.1, 0.15) is 40.0 Å². The molecule has 1 aromatic carbocycles. The number of ether oxygens (including phenoxy) is 1. The number of likely N-dealkylation sites (tertiary alicyclic amines) is 1. The number of anilines is 2. The van der Waals surface area contributed by atoms with Gasteiger partial charge in [0.05, 0.1) is 23.5 Å². The van der Waals surface area contributed by atoms with Gasteiger partial charge in [-0.3, -0.25) is 4.90 Å². The number of fused-ring (bicyclic) bond motifs is 1. The van der Waals surface area contributed by atoms with Crippen LogP contribution in [0.3, 0.4) is 0 Å². The van der Waals surface area contributed by atoms with Crippen LogP contribution in [0.5, 0.6) is 0 Å². The molecule has 8 nitrogen and oxygen atoms in total. The summed E-state index contributed by atoms with van der Waals surface area (Å²) >= 11 is 6.62. The quantitative estimate of drug-likeness (QED) is 0.366. The lowest BCUT2D eigenvalue weighted by atomic mass is 10.0. The first-order valence-corrected chi connectivity index (χ1v) is 14.6. The first kappa shape index (κ1) is 27.2. The summed E-state index contributed by atoms with van der Waals surface area (Å²) in [6, 6.07) is 9.70. The molecule has 0 unspecified atom stereocenters. The third-order valence-corrected chi connectivity index (χ3v) is 8.21. The van der Waals surface area contributed by atoms with E-state index < -0.39 is 0 Å². The van der Waals surface area contributed by atoms with Crippen molar-refractivity contribution >= 4 is 34.1 Å². The smallest absolute Gasteiger partial charge is 0.159 e. The number of hydrogen-bond donors (Lipinski definition) is 2. The molecule has 5 rings (SSSR count). The Balaban J connectivity index is 1.26. The lowest BCUT2D eigenvalue weighted by Gasteiger charge is -2.35. The van der Waals surface area contributed by atoms with Crippen LogP contribution < -0.4 is 10.2 Å². The molecule has 9 heteroatoms. The monoisotopic (exact) mass is 539 g/mol. The maximum absolute atomic E-state index is 6.62. The van der Waals surface area contributed by atoms with Gasteiger partial charge in [-0.2, -0.15) is 0 Å². The lowest BCUT2D eigenvalue weighted by Crippen LogP contribution is -2.42. The lowest BCUT2D eigenvalue weighted by molar-refractivity contribution is 0.116. The molecule has 0 bridgehead atoms. The molecule has 0 aliphatic carbocycles. The zero-order valence-corrected chi connectivity index (χ0v) is 23.8. The van der Waals surface area contributed by atoms with Gasteiger partial charge in [0.15, 0.2) is 5.65 Å². The van der Waals surface area contributed by atoms with E-state index in [1.165, 1.54) is 5.69 Å². The van der Waals surface area contributed by atoms with Gasteiger partial charge in [-0.05, 0) is 70.8 Å². The number of piperidine rings is 1. The van der Waals surface area contributed by atoms with E-state index in [0.717, 1.165) is 107 Å². The molecule has 2 saturated heterocycles. The van der Waals surface area contributed by atoms with Crippen LogP contribution in [0.25, 0.3) is 22.6 Å². The average Bonchev–Trinajstić information content (AvgIpc) is 3.23. The molecule has 2 fully saturated rings. The van der Waals surface area contributed by atoms with Crippen molar-refractivity contribution in [3.63, 3.8) is 0 Å². The zero-order valence-electron chi connectivity index (χ0n) is 23.0. The second-order valence-electron chi connectivity index (χ2n) is 10.7. The minimum atomic E-state index is 0.385. The van der Waals surface area contributed by atoms with Crippen molar-refractivity contribution in [3.05, 3.63) is 35.5 Å². The van der Waals surface area contributed by atoms with Gasteiger partial charge >= 0.3 is 0 Å². The Morgan fingerprint density at radius 3 is 2.61 bits per heavy atom. The van der Waals surface area contributed by atoms with Crippen LogP contribution in [-0.4, -0.2) is 95.9 Å². The first-order valence-electron chi connectivity index (χ1n) is 14.2. The Bertz CT molecular complexity index is 1170. The number of rotatable bonds is 9. The number of pyridine rings is 1. The van der Waals surface area contributed by atoms with Gasteiger partial charge < -0.3 is 24.8 Å². The number of aromatic amines is 1. The van der Waals surface area contributed by atoms with Crippen molar-refractivity contribution < 1.29 is 4.74 Å². The molecule has 2 N–H and O–H groups in total. The van der Waals surface area contributed by atoms with Gasteiger partial charge in [-0.1, -0.05) is 11.6 Å². The van der Waals surface area contributed by atoms with Crippen LogP contribution in [-0.2, 0) is 4.74 Å². The molecular formula is C29H42ClN7O. The second-order valence-corrected chi connectivity index (χ2v) is 11.1. The van der Waals surface area contributed by atoms with Gasteiger partial charge in [0.25, 0.3) is 0 Å². The highest BCUT2D eigenvalue weighted by Gasteiger charge is 2.23. The van der Waals surface area contributed by atoms with E-state index in [1.54, 1.807) is 6.20 Å². The van der Waals surface area contributed by atoms with Gasteiger partial charge in [-0.15, -0.1) is 0 Å². The van der Waals surface area contributed by atoms with E-state index in [0.29, 0.717) is 17.1 Å². The average molecular weight is 540 g/mol. The Morgan fingerprint density at radius 2 is 1.87 bits per heavy atom. The Morgan fingerprint density at radius 1 is 1.08 bits per heavy atom. The molecule has 0 spiro atoms. The Hall–Kier alpha value is -2.39. The molecule has 206 valence electrons. The number of aromatic nitrogens is 3. The zero-order chi connectivity index (χ0) is 26.5. The molecule has 3 aromatic rings. The molecule has 0 amide bonds. The van der Waals surface area contributed by atoms with Crippen molar-refractivity contribution in [2.24, 2.45) is 0 Å². The van der Waals surface area contributed by atoms with Crippen molar-refractivity contribution in [2.75, 3.05) is 69.2 Å². The highest BCUT2D eigenvalue weighted by molar-refractivity contribution is 6.34. The number of hydrogen-bond acceptors (Lipinski definition) is 7. The molecule has 4 heterocycles. The van der Waals surface area contributed by atoms with E-state index in [1.807, 2.05) is 0 Å². The van der Waals surface area contributed by atoms with Gasteiger partial charge in [0, 0.05) is 69.2 Å².